The summed E-state index contributed by atoms with van der Waals surface area (Å²) in [4.78, 5) is 14.6. The summed E-state index contributed by atoms with van der Waals surface area (Å²) in [6, 6.07) is 15.3. The zero-order valence-corrected chi connectivity index (χ0v) is 16.0. The molecule has 0 spiro atoms. The van der Waals surface area contributed by atoms with Crippen molar-refractivity contribution in [1.29, 1.82) is 0 Å². The highest BCUT2D eigenvalue weighted by Crippen LogP contribution is 2.33. The molecule has 0 radical (unpaired) electrons. The van der Waals surface area contributed by atoms with Gasteiger partial charge in [-0.15, -0.1) is 10.2 Å². The van der Waals surface area contributed by atoms with Gasteiger partial charge >= 0.3 is 0 Å². The van der Waals surface area contributed by atoms with E-state index in [1.807, 2.05) is 30.3 Å². The Morgan fingerprint density at radius 3 is 2.72 bits per heavy atom. The van der Waals surface area contributed by atoms with Gasteiger partial charge in [-0.2, -0.15) is 0 Å². The number of halogens is 1. The SMILES string of the molecule is NC(CC(=O)N1CCC[C@H]1c1nnc(-c2ccccc2)o1)Cc1ccccc1F. The predicted molar refractivity (Wildman–Crippen MR) is 106 cm³/mol. The fraction of sp³-hybridized carbons (Fsp3) is 0.318. The van der Waals surface area contributed by atoms with Crippen LogP contribution in [0, 0.1) is 5.82 Å². The molecule has 7 heteroatoms. The lowest BCUT2D eigenvalue weighted by Gasteiger charge is -2.23. The van der Waals surface area contributed by atoms with Crippen LogP contribution in [0.4, 0.5) is 4.39 Å². The summed E-state index contributed by atoms with van der Waals surface area (Å²) in [7, 11) is 0. The minimum Gasteiger partial charge on any atom is -0.418 e. The van der Waals surface area contributed by atoms with Crippen molar-refractivity contribution < 1.29 is 13.6 Å². The fourth-order valence-electron chi connectivity index (χ4n) is 3.75. The first-order chi connectivity index (χ1) is 14.1. The molecule has 1 aliphatic rings. The molecule has 1 aromatic heterocycles. The van der Waals surface area contributed by atoms with Crippen molar-refractivity contribution in [3.63, 3.8) is 0 Å². The Balaban J connectivity index is 1.42. The maximum Gasteiger partial charge on any atom is 0.247 e. The Morgan fingerprint density at radius 1 is 1.17 bits per heavy atom. The zero-order valence-electron chi connectivity index (χ0n) is 16.0. The van der Waals surface area contributed by atoms with Gasteiger partial charge in [-0.3, -0.25) is 4.79 Å². The first kappa shape index (κ1) is 19.3. The lowest BCUT2D eigenvalue weighted by molar-refractivity contribution is -0.132. The van der Waals surface area contributed by atoms with Crippen molar-refractivity contribution >= 4 is 5.91 Å². The third-order valence-electron chi connectivity index (χ3n) is 5.20. The van der Waals surface area contributed by atoms with E-state index in [2.05, 4.69) is 10.2 Å². The average molecular weight is 394 g/mol. The Labute approximate surface area is 168 Å². The molecule has 2 heterocycles. The second-order valence-electron chi connectivity index (χ2n) is 7.32. The maximum absolute atomic E-state index is 13.8. The molecule has 1 aliphatic heterocycles. The van der Waals surface area contributed by atoms with Gasteiger partial charge in [-0.05, 0) is 43.0 Å². The maximum atomic E-state index is 13.8. The van der Waals surface area contributed by atoms with Gasteiger partial charge in [-0.25, -0.2) is 4.39 Å². The molecule has 1 saturated heterocycles. The summed E-state index contributed by atoms with van der Waals surface area (Å²) in [5.41, 5.74) is 7.51. The number of hydrogen-bond donors (Lipinski definition) is 1. The van der Waals surface area contributed by atoms with Crippen LogP contribution in [0.2, 0.25) is 0 Å². The molecule has 1 unspecified atom stereocenters. The topological polar surface area (TPSA) is 85.3 Å². The van der Waals surface area contributed by atoms with E-state index in [0.717, 1.165) is 18.4 Å². The normalized spacial score (nSPS) is 17.4. The van der Waals surface area contributed by atoms with E-state index >= 15 is 0 Å². The Bertz CT molecular complexity index is 976. The van der Waals surface area contributed by atoms with Crippen LogP contribution in [0.1, 0.15) is 36.8 Å². The summed E-state index contributed by atoms with van der Waals surface area (Å²) in [5, 5.41) is 8.30. The second-order valence-corrected chi connectivity index (χ2v) is 7.32. The van der Waals surface area contributed by atoms with Crippen LogP contribution >= 0.6 is 0 Å². The van der Waals surface area contributed by atoms with Crippen molar-refractivity contribution in [2.45, 2.75) is 37.8 Å². The number of carbonyl (C=O) groups is 1. The monoisotopic (exact) mass is 394 g/mol. The number of hydrogen-bond acceptors (Lipinski definition) is 5. The summed E-state index contributed by atoms with van der Waals surface area (Å²) in [5.74, 6) is 0.512. The third kappa shape index (κ3) is 4.35. The van der Waals surface area contributed by atoms with Crippen LogP contribution in [0.5, 0.6) is 0 Å². The molecule has 0 bridgehead atoms. The molecule has 3 aromatic rings. The molecule has 1 amide bonds. The minimum atomic E-state index is -0.455. The third-order valence-corrected chi connectivity index (χ3v) is 5.20. The Kier molecular flexibility index (Phi) is 5.67. The van der Waals surface area contributed by atoms with Gasteiger partial charge in [0.05, 0.1) is 0 Å². The van der Waals surface area contributed by atoms with Crippen LogP contribution in [0.15, 0.2) is 59.0 Å². The Hall–Kier alpha value is -3.06. The Morgan fingerprint density at radius 2 is 1.93 bits per heavy atom. The van der Waals surface area contributed by atoms with Gasteiger partial charge in [0, 0.05) is 24.6 Å². The van der Waals surface area contributed by atoms with Crippen molar-refractivity contribution in [3.05, 3.63) is 71.9 Å². The van der Waals surface area contributed by atoms with E-state index in [9.17, 15) is 9.18 Å². The van der Waals surface area contributed by atoms with Gasteiger partial charge in [0.25, 0.3) is 0 Å². The van der Waals surface area contributed by atoms with Gasteiger partial charge < -0.3 is 15.1 Å². The summed E-state index contributed by atoms with van der Waals surface area (Å²) < 4.78 is 19.7. The van der Waals surface area contributed by atoms with Crippen LogP contribution in [-0.4, -0.2) is 33.6 Å². The number of aromatic nitrogens is 2. The summed E-state index contributed by atoms with van der Waals surface area (Å²) in [6.07, 6.45) is 2.09. The highest BCUT2D eigenvalue weighted by molar-refractivity contribution is 5.77. The lowest BCUT2D eigenvalue weighted by Crippen LogP contribution is -2.36. The molecule has 6 nitrogen and oxygen atoms in total. The minimum absolute atomic E-state index is 0.0733. The molecule has 150 valence electrons. The quantitative estimate of drug-likeness (QED) is 0.692. The molecule has 2 N–H and O–H groups in total. The van der Waals surface area contributed by atoms with Crippen molar-refractivity contribution in [2.75, 3.05) is 6.54 Å². The van der Waals surface area contributed by atoms with Crippen LogP contribution < -0.4 is 5.73 Å². The molecule has 2 aromatic carbocycles. The smallest absolute Gasteiger partial charge is 0.247 e. The van der Waals surface area contributed by atoms with Crippen LogP contribution in [0.25, 0.3) is 11.5 Å². The molecular formula is C22H23FN4O2. The fourth-order valence-corrected chi connectivity index (χ4v) is 3.75. The highest BCUT2D eigenvalue weighted by atomic mass is 19.1. The lowest BCUT2D eigenvalue weighted by atomic mass is 10.0. The number of carbonyl (C=O) groups excluding carboxylic acids is 1. The molecule has 0 saturated carbocycles. The molecule has 2 atom stereocenters. The first-order valence-corrected chi connectivity index (χ1v) is 9.79. The van der Waals surface area contributed by atoms with E-state index in [1.54, 1.807) is 23.1 Å². The predicted octanol–water partition coefficient (Wildman–Crippen LogP) is 3.50. The van der Waals surface area contributed by atoms with E-state index in [-0.39, 0.29) is 24.2 Å². The summed E-state index contributed by atoms with van der Waals surface area (Å²) >= 11 is 0. The van der Waals surface area contributed by atoms with E-state index in [4.69, 9.17) is 10.2 Å². The largest absolute Gasteiger partial charge is 0.418 e. The van der Waals surface area contributed by atoms with Gasteiger partial charge in [0.2, 0.25) is 17.7 Å². The van der Waals surface area contributed by atoms with Crippen LogP contribution in [0.3, 0.4) is 0 Å². The number of amides is 1. The summed E-state index contributed by atoms with van der Waals surface area (Å²) in [6.45, 7) is 0.624. The molecule has 0 aliphatic carbocycles. The molecule has 29 heavy (non-hydrogen) atoms. The number of rotatable bonds is 6. The average Bonchev–Trinajstić information content (AvgIpc) is 3.40. The van der Waals surface area contributed by atoms with Gasteiger partial charge in [-0.1, -0.05) is 36.4 Å². The number of nitrogens with zero attached hydrogens (tertiary/aromatic N) is 3. The first-order valence-electron chi connectivity index (χ1n) is 9.79. The van der Waals surface area contributed by atoms with Crippen LogP contribution in [-0.2, 0) is 11.2 Å². The highest BCUT2D eigenvalue weighted by Gasteiger charge is 2.34. The van der Waals surface area contributed by atoms with Crippen molar-refractivity contribution in [1.82, 2.24) is 15.1 Å². The molecular weight excluding hydrogens is 371 g/mol. The van der Waals surface area contributed by atoms with E-state index in [0.29, 0.717) is 30.3 Å². The second kappa shape index (κ2) is 8.53. The van der Waals surface area contributed by atoms with Gasteiger partial charge in [0.1, 0.15) is 11.9 Å². The van der Waals surface area contributed by atoms with E-state index in [1.165, 1.54) is 6.07 Å². The standard InChI is InChI=1S/C22H23FN4O2/c23-18-10-5-4-9-16(18)13-17(24)14-20(28)27-12-6-11-19(27)22-26-25-21(29-22)15-7-2-1-3-8-15/h1-5,7-10,17,19H,6,11-14,24H2/t17?,19-/m0/s1. The molecule has 1 fully saturated rings. The van der Waals surface area contributed by atoms with Crippen molar-refractivity contribution in [2.24, 2.45) is 5.73 Å². The number of benzene rings is 2. The number of nitrogens with two attached hydrogens (primary N) is 1. The number of likely N-dealkylation sites (tertiary alicyclic amines) is 1. The molecule has 4 rings (SSSR count). The van der Waals surface area contributed by atoms with E-state index < -0.39 is 6.04 Å². The van der Waals surface area contributed by atoms with Crippen molar-refractivity contribution in [3.8, 4) is 11.5 Å². The van der Waals surface area contributed by atoms with Gasteiger partial charge in [0.15, 0.2) is 0 Å². The zero-order chi connectivity index (χ0) is 20.2.